The van der Waals surface area contributed by atoms with Crippen molar-refractivity contribution in [2.75, 3.05) is 38.0 Å². The summed E-state index contributed by atoms with van der Waals surface area (Å²) in [5.74, 6) is 2.88. The third-order valence-corrected chi connectivity index (χ3v) is 6.84. The van der Waals surface area contributed by atoms with Gasteiger partial charge in [-0.2, -0.15) is 0 Å². The smallest absolute Gasteiger partial charge is 0.134 e. The van der Waals surface area contributed by atoms with Gasteiger partial charge in [0.15, 0.2) is 0 Å². The summed E-state index contributed by atoms with van der Waals surface area (Å²) in [5.41, 5.74) is 3.17. The first-order chi connectivity index (χ1) is 12.3. The van der Waals surface area contributed by atoms with E-state index in [1.807, 2.05) is 0 Å². The maximum absolute atomic E-state index is 4.97. The number of hydrogen-bond donors (Lipinski definition) is 2. The van der Waals surface area contributed by atoms with Crippen molar-refractivity contribution in [3.63, 3.8) is 0 Å². The van der Waals surface area contributed by atoms with Crippen LogP contribution in [-0.2, 0) is 12.8 Å². The molecule has 0 radical (unpaired) electrons. The highest BCUT2D eigenvalue weighted by atomic mass is 35.5. The zero-order valence-electron chi connectivity index (χ0n) is 16.1. The maximum atomic E-state index is 4.97. The molecule has 4 aliphatic rings. The summed E-state index contributed by atoms with van der Waals surface area (Å²) in [6, 6.07) is 0. The highest BCUT2D eigenvalue weighted by Gasteiger charge is 2.43. The van der Waals surface area contributed by atoms with Gasteiger partial charge in [-0.3, -0.25) is 4.90 Å². The van der Waals surface area contributed by atoms with Crippen molar-refractivity contribution in [3.05, 3.63) is 17.1 Å². The number of fused-ring (bicyclic) bond motifs is 2. The molecule has 0 unspecified atom stereocenters. The lowest BCUT2D eigenvalue weighted by Crippen LogP contribution is -2.39. The van der Waals surface area contributed by atoms with Crippen molar-refractivity contribution in [3.8, 4) is 0 Å². The molecule has 3 aliphatic heterocycles. The predicted octanol–water partition coefficient (Wildman–Crippen LogP) is 3.32. The molecule has 0 atom stereocenters. The lowest BCUT2D eigenvalue weighted by atomic mass is 9.90. The summed E-state index contributed by atoms with van der Waals surface area (Å²) < 4.78 is 0. The van der Waals surface area contributed by atoms with Crippen LogP contribution >= 0.6 is 24.8 Å². The van der Waals surface area contributed by atoms with Gasteiger partial charge in [-0.25, -0.2) is 9.97 Å². The van der Waals surface area contributed by atoms with Crippen LogP contribution in [0.2, 0.25) is 0 Å². The Bertz CT molecular complexity index is 640. The van der Waals surface area contributed by atoms with E-state index in [1.54, 1.807) is 0 Å². The topological polar surface area (TPSA) is 53.1 Å². The first-order valence-corrected chi connectivity index (χ1v) is 10.4. The van der Waals surface area contributed by atoms with E-state index >= 15 is 0 Å². The van der Waals surface area contributed by atoms with Gasteiger partial charge in [-0.15, -0.1) is 24.8 Å². The second-order valence-corrected chi connectivity index (χ2v) is 8.48. The molecular formula is C20H33Cl2N5. The minimum absolute atomic E-state index is 0. The summed E-state index contributed by atoms with van der Waals surface area (Å²) in [7, 11) is 0. The van der Waals surface area contributed by atoms with Gasteiger partial charge in [0.05, 0.1) is 5.69 Å². The van der Waals surface area contributed by atoms with Gasteiger partial charge >= 0.3 is 0 Å². The highest BCUT2D eigenvalue weighted by molar-refractivity contribution is 5.85. The van der Waals surface area contributed by atoms with E-state index in [0.29, 0.717) is 11.5 Å². The molecule has 1 aromatic rings. The number of anilines is 1. The second-order valence-electron chi connectivity index (χ2n) is 8.48. The fraction of sp³-hybridized carbons (Fsp3) is 0.800. The molecule has 3 fully saturated rings. The van der Waals surface area contributed by atoms with Gasteiger partial charge < -0.3 is 10.6 Å². The zero-order valence-corrected chi connectivity index (χ0v) is 17.8. The van der Waals surface area contributed by atoms with Crippen molar-refractivity contribution in [1.29, 1.82) is 0 Å². The zero-order chi connectivity index (χ0) is 16.7. The summed E-state index contributed by atoms with van der Waals surface area (Å²) in [4.78, 5) is 12.7. The molecule has 2 saturated heterocycles. The van der Waals surface area contributed by atoms with Crippen LogP contribution in [0.4, 0.5) is 5.82 Å². The Kier molecular flexibility index (Phi) is 6.88. The van der Waals surface area contributed by atoms with E-state index in [1.165, 1.54) is 69.3 Å². The maximum Gasteiger partial charge on any atom is 0.134 e. The van der Waals surface area contributed by atoms with Gasteiger partial charge in [0.2, 0.25) is 0 Å². The standard InChI is InChI=1S/C20H31N5.2ClH/c1-7-20(8-2-14-25(20)13-1)9-12-22-19-16-5-10-21-11-6-17(16)23-18(24-19)15-3-4-15;;/h15,21H,1-14H2,(H,22,23,24);2*1H. The molecule has 0 aromatic carbocycles. The Morgan fingerprint density at radius 1 is 1.04 bits per heavy atom. The van der Waals surface area contributed by atoms with Crippen LogP contribution in [0, 0.1) is 0 Å². The van der Waals surface area contributed by atoms with Crippen molar-refractivity contribution >= 4 is 30.6 Å². The van der Waals surface area contributed by atoms with Gasteiger partial charge in [0.1, 0.15) is 11.6 Å². The van der Waals surface area contributed by atoms with Crippen LogP contribution in [0.15, 0.2) is 0 Å². The molecule has 1 aromatic heterocycles. The lowest BCUT2D eigenvalue weighted by molar-refractivity contribution is 0.187. The van der Waals surface area contributed by atoms with Crippen LogP contribution in [-0.4, -0.2) is 53.1 Å². The molecule has 2 N–H and O–H groups in total. The number of rotatable bonds is 5. The Labute approximate surface area is 175 Å². The molecule has 152 valence electrons. The molecule has 5 nitrogen and oxygen atoms in total. The molecular weight excluding hydrogens is 381 g/mol. The molecule has 4 heterocycles. The van der Waals surface area contributed by atoms with Crippen molar-refractivity contribution in [2.45, 2.75) is 69.2 Å². The quantitative estimate of drug-likeness (QED) is 0.774. The third kappa shape index (κ3) is 4.21. The SMILES string of the molecule is C1CN2CCCC2(CCNc2nc(C3CC3)nc3c2CCNCC3)C1.Cl.Cl. The molecule has 5 rings (SSSR count). The number of nitrogens with zero attached hydrogens (tertiary/aromatic N) is 3. The summed E-state index contributed by atoms with van der Waals surface area (Å²) in [6.07, 6.45) is 11.5. The lowest BCUT2D eigenvalue weighted by Gasteiger charge is -2.32. The van der Waals surface area contributed by atoms with E-state index in [2.05, 4.69) is 15.5 Å². The monoisotopic (exact) mass is 413 g/mol. The summed E-state index contributed by atoms with van der Waals surface area (Å²) >= 11 is 0. The average molecular weight is 414 g/mol. The molecule has 0 bridgehead atoms. The summed E-state index contributed by atoms with van der Waals surface area (Å²) in [5, 5.41) is 7.27. The van der Waals surface area contributed by atoms with E-state index < -0.39 is 0 Å². The van der Waals surface area contributed by atoms with Crippen LogP contribution in [0.3, 0.4) is 0 Å². The van der Waals surface area contributed by atoms with Crippen molar-refractivity contribution in [1.82, 2.24) is 20.2 Å². The van der Waals surface area contributed by atoms with E-state index in [0.717, 1.165) is 44.1 Å². The molecule has 1 aliphatic carbocycles. The molecule has 0 spiro atoms. The van der Waals surface area contributed by atoms with Gasteiger partial charge in [0.25, 0.3) is 0 Å². The third-order valence-electron chi connectivity index (χ3n) is 6.84. The van der Waals surface area contributed by atoms with Crippen LogP contribution in [0.5, 0.6) is 0 Å². The number of aromatic nitrogens is 2. The first kappa shape index (κ1) is 21.1. The minimum atomic E-state index is 0. The van der Waals surface area contributed by atoms with Gasteiger partial charge in [-0.05, 0) is 71.0 Å². The fourth-order valence-electron chi connectivity index (χ4n) is 5.28. The van der Waals surface area contributed by atoms with Crippen LogP contribution in [0.25, 0.3) is 0 Å². The Morgan fingerprint density at radius 2 is 1.78 bits per heavy atom. The van der Waals surface area contributed by atoms with Crippen molar-refractivity contribution < 1.29 is 0 Å². The Morgan fingerprint density at radius 3 is 2.52 bits per heavy atom. The highest BCUT2D eigenvalue weighted by Crippen LogP contribution is 2.42. The van der Waals surface area contributed by atoms with E-state index in [-0.39, 0.29) is 24.8 Å². The number of halogens is 2. The first-order valence-electron chi connectivity index (χ1n) is 10.4. The minimum Gasteiger partial charge on any atom is -0.370 e. The number of hydrogen-bond acceptors (Lipinski definition) is 5. The van der Waals surface area contributed by atoms with Gasteiger partial charge in [0, 0.05) is 36.5 Å². The van der Waals surface area contributed by atoms with Crippen LogP contribution < -0.4 is 10.6 Å². The largest absolute Gasteiger partial charge is 0.370 e. The molecule has 27 heavy (non-hydrogen) atoms. The Balaban J connectivity index is 0.00000105. The van der Waals surface area contributed by atoms with E-state index in [9.17, 15) is 0 Å². The Hall–Kier alpha value is -0.620. The van der Waals surface area contributed by atoms with Gasteiger partial charge in [-0.1, -0.05) is 0 Å². The predicted molar refractivity (Wildman–Crippen MR) is 115 cm³/mol. The number of nitrogens with one attached hydrogen (secondary N) is 2. The normalized spacial score (nSPS) is 23.6. The van der Waals surface area contributed by atoms with Crippen LogP contribution in [0.1, 0.15) is 67.9 Å². The summed E-state index contributed by atoms with van der Waals surface area (Å²) in [6.45, 7) is 5.79. The molecule has 7 heteroatoms. The fourth-order valence-corrected chi connectivity index (χ4v) is 5.28. The van der Waals surface area contributed by atoms with E-state index in [4.69, 9.17) is 9.97 Å². The molecule has 1 saturated carbocycles. The molecule has 0 amide bonds. The van der Waals surface area contributed by atoms with Crippen molar-refractivity contribution in [2.24, 2.45) is 0 Å². The average Bonchev–Trinajstić information content (AvgIpc) is 3.33. The second kappa shape index (κ2) is 8.81.